The zero-order chi connectivity index (χ0) is 38.4. The molecule has 2 aliphatic rings. The van der Waals surface area contributed by atoms with Gasteiger partial charge in [-0.15, -0.1) is 5.10 Å². The summed E-state index contributed by atoms with van der Waals surface area (Å²) in [5.74, 6) is 0.416. The van der Waals surface area contributed by atoms with Crippen LogP contribution >= 0.6 is 0 Å². The van der Waals surface area contributed by atoms with E-state index in [1.54, 1.807) is 9.47 Å². The van der Waals surface area contributed by atoms with E-state index >= 15 is 0 Å². The molecule has 5 aromatic rings. The Morgan fingerprint density at radius 2 is 1.70 bits per heavy atom. The van der Waals surface area contributed by atoms with Gasteiger partial charge in [0.1, 0.15) is 16.9 Å². The van der Waals surface area contributed by atoms with Gasteiger partial charge < -0.3 is 24.0 Å². The van der Waals surface area contributed by atoms with Crippen molar-refractivity contribution in [3.05, 3.63) is 60.0 Å². The summed E-state index contributed by atoms with van der Waals surface area (Å²) in [5, 5.41) is 15.8. The lowest BCUT2D eigenvalue weighted by atomic mass is 9.85. The highest BCUT2D eigenvalue weighted by atomic mass is 16.6. The first-order valence-electron chi connectivity index (χ1n) is 19.2. The van der Waals surface area contributed by atoms with Crippen LogP contribution in [0.4, 0.5) is 15.3 Å². The predicted octanol–water partition coefficient (Wildman–Crippen LogP) is 8.38. The first-order valence-corrected chi connectivity index (χ1v) is 19.2. The zero-order valence-electron chi connectivity index (χ0n) is 33.0. The minimum Gasteiger partial charge on any atom is -0.444 e. The van der Waals surface area contributed by atoms with Crippen LogP contribution in [-0.4, -0.2) is 84.9 Å². The number of benzene rings is 2. The molecule has 1 aliphatic heterocycles. The summed E-state index contributed by atoms with van der Waals surface area (Å²) in [6.07, 6.45) is 9.30. The van der Waals surface area contributed by atoms with Gasteiger partial charge in [-0.2, -0.15) is 5.10 Å². The molecule has 3 aromatic heterocycles. The molecule has 0 radical (unpaired) electrons. The molecule has 0 spiro atoms. The number of rotatable bonds is 9. The highest BCUT2D eigenvalue weighted by molar-refractivity contribution is 5.96. The van der Waals surface area contributed by atoms with Crippen molar-refractivity contribution in [2.75, 3.05) is 32.1 Å². The number of carbonyl (C=O) groups excluding carboxylic acids is 2. The van der Waals surface area contributed by atoms with Crippen molar-refractivity contribution in [3.63, 3.8) is 0 Å². The lowest BCUT2D eigenvalue weighted by Crippen LogP contribution is -2.41. The Labute approximate surface area is 317 Å². The Kier molecular flexibility index (Phi) is 10.2. The quantitative estimate of drug-likeness (QED) is 0.147. The minimum atomic E-state index is -0.717. The molecule has 1 saturated heterocycles. The van der Waals surface area contributed by atoms with Gasteiger partial charge in [0.05, 0.1) is 36.5 Å². The molecule has 0 N–H and O–H groups in total. The second kappa shape index (κ2) is 14.7. The lowest BCUT2D eigenvalue weighted by molar-refractivity contribution is -0.0366. The molecule has 13 nitrogen and oxygen atoms in total. The number of amides is 1. The van der Waals surface area contributed by atoms with Gasteiger partial charge in [-0.05, 0) is 109 Å². The summed E-state index contributed by atoms with van der Waals surface area (Å²) < 4.78 is 23.2. The molecule has 54 heavy (non-hydrogen) atoms. The molecule has 288 valence electrons. The van der Waals surface area contributed by atoms with E-state index in [2.05, 4.69) is 27.3 Å². The molecule has 1 amide bonds. The van der Waals surface area contributed by atoms with Gasteiger partial charge in [0.25, 0.3) is 0 Å². The number of hydrogen-bond acceptors (Lipinski definition) is 9. The third-order valence-corrected chi connectivity index (χ3v) is 10.0. The Morgan fingerprint density at radius 1 is 0.926 bits per heavy atom. The molecule has 1 saturated carbocycles. The van der Waals surface area contributed by atoms with Crippen molar-refractivity contribution in [2.24, 2.45) is 5.92 Å². The minimum absolute atomic E-state index is 0.0876. The molecule has 2 aromatic carbocycles. The monoisotopic (exact) mass is 738 g/mol. The van der Waals surface area contributed by atoms with Crippen LogP contribution in [0.25, 0.3) is 33.1 Å². The molecule has 4 heterocycles. The fourth-order valence-corrected chi connectivity index (χ4v) is 7.19. The first-order chi connectivity index (χ1) is 25.6. The van der Waals surface area contributed by atoms with E-state index in [0.717, 1.165) is 83.9 Å². The molecule has 1 atom stereocenters. The van der Waals surface area contributed by atoms with Gasteiger partial charge in [-0.3, -0.25) is 0 Å². The zero-order valence-corrected chi connectivity index (χ0v) is 33.0. The Morgan fingerprint density at radius 3 is 2.37 bits per heavy atom. The van der Waals surface area contributed by atoms with Gasteiger partial charge in [-0.25, -0.2) is 23.5 Å². The average molecular weight is 739 g/mol. The normalized spacial score (nSPS) is 16.8. The molecular weight excluding hydrogens is 685 g/mol. The van der Waals surface area contributed by atoms with E-state index in [1.807, 2.05) is 102 Å². The summed E-state index contributed by atoms with van der Waals surface area (Å²) in [4.78, 5) is 31.2. The van der Waals surface area contributed by atoms with Crippen LogP contribution in [0.5, 0.6) is 0 Å². The third kappa shape index (κ3) is 8.25. The van der Waals surface area contributed by atoms with E-state index in [1.165, 1.54) is 0 Å². The van der Waals surface area contributed by atoms with Crippen molar-refractivity contribution >= 4 is 39.7 Å². The van der Waals surface area contributed by atoms with Crippen LogP contribution in [0.1, 0.15) is 97.6 Å². The van der Waals surface area contributed by atoms with E-state index in [9.17, 15) is 9.59 Å². The van der Waals surface area contributed by atoms with Crippen LogP contribution in [0.3, 0.4) is 0 Å². The SMILES string of the molecule is CN(C)c1cc(-c2cn(Cc3ccc4cc(CN(CC5CCC5)C(=O)OC(C)(C)C)n(C(=O)OC(C)(C)C)c4c3)nn2)c2cnn(C3CCCCO3)c2c1. The van der Waals surface area contributed by atoms with E-state index in [4.69, 9.17) is 19.3 Å². The standard InChI is InChI=1S/C41H54N8O5/c1-40(2,3)53-38(50)46(23-27-12-11-13-27)25-31-19-29-16-15-28(18-35(29)48(31)39(51)54-41(4,5)6)24-47-26-34(43-44-47)32-20-30(45(7)8)21-36-33(32)22-42-49(36)37-14-9-10-17-52-37/h15-16,18-22,26-27,37H,9-14,17,23-25H2,1-8H3. The fourth-order valence-electron chi connectivity index (χ4n) is 7.19. The molecule has 1 unspecified atom stereocenters. The molecular formula is C41H54N8O5. The van der Waals surface area contributed by atoms with E-state index < -0.39 is 17.3 Å². The molecule has 0 bridgehead atoms. The summed E-state index contributed by atoms with van der Waals surface area (Å²) in [6.45, 7) is 13.1. The Bertz CT molecular complexity index is 2140. The number of fused-ring (bicyclic) bond motifs is 2. The second-order valence-corrected chi connectivity index (χ2v) is 17.0. The highest BCUT2D eigenvalue weighted by Gasteiger charge is 2.30. The van der Waals surface area contributed by atoms with Crippen LogP contribution in [0.15, 0.2) is 48.8 Å². The summed E-state index contributed by atoms with van der Waals surface area (Å²) >= 11 is 0. The van der Waals surface area contributed by atoms with Gasteiger partial charge in [-0.1, -0.05) is 23.8 Å². The number of ether oxygens (including phenoxy) is 3. The van der Waals surface area contributed by atoms with Crippen LogP contribution < -0.4 is 4.90 Å². The number of hydrogen-bond donors (Lipinski definition) is 0. The molecule has 7 rings (SSSR count). The van der Waals surface area contributed by atoms with Crippen LogP contribution in [0, 0.1) is 5.92 Å². The largest absolute Gasteiger partial charge is 0.444 e. The Balaban J connectivity index is 1.21. The number of aromatic nitrogens is 6. The van der Waals surface area contributed by atoms with Gasteiger partial charge in [0.2, 0.25) is 0 Å². The van der Waals surface area contributed by atoms with Crippen molar-refractivity contribution in [1.82, 2.24) is 34.2 Å². The summed E-state index contributed by atoms with van der Waals surface area (Å²) in [6, 6.07) is 12.3. The summed E-state index contributed by atoms with van der Waals surface area (Å²) in [5.41, 5.74) is 4.65. The van der Waals surface area contributed by atoms with Crippen LogP contribution in [-0.2, 0) is 27.3 Å². The van der Waals surface area contributed by atoms with Gasteiger partial charge in [0.15, 0.2) is 6.23 Å². The average Bonchev–Trinajstić information content (AvgIpc) is 3.81. The lowest BCUT2D eigenvalue weighted by Gasteiger charge is -2.33. The molecule has 1 aliphatic carbocycles. The number of carbonyl (C=O) groups is 2. The fraction of sp³-hybridized carbons (Fsp3) is 0.537. The van der Waals surface area contributed by atoms with E-state index in [0.29, 0.717) is 30.2 Å². The van der Waals surface area contributed by atoms with Crippen molar-refractivity contribution in [2.45, 2.75) is 111 Å². The van der Waals surface area contributed by atoms with E-state index in [-0.39, 0.29) is 18.9 Å². The maximum Gasteiger partial charge on any atom is 0.419 e. The Hall–Kier alpha value is -4.91. The predicted molar refractivity (Wildman–Crippen MR) is 209 cm³/mol. The first kappa shape index (κ1) is 37.4. The smallest absolute Gasteiger partial charge is 0.419 e. The van der Waals surface area contributed by atoms with Gasteiger partial charge >= 0.3 is 12.2 Å². The second-order valence-electron chi connectivity index (χ2n) is 17.0. The van der Waals surface area contributed by atoms with Crippen molar-refractivity contribution in [1.29, 1.82) is 0 Å². The van der Waals surface area contributed by atoms with Crippen molar-refractivity contribution < 1.29 is 23.8 Å². The number of nitrogens with zero attached hydrogens (tertiary/aromatic N) is 8. The van der Waals surface area contributed by atoms with Crippen LogP contribution in [0.2, 0.25) is 0 Å². The maximum atomic E-state index is 13.9. The van der Waals surface area contributed by atoms with Gasteiger partial charge in [0, 0.05) is 55.0 Å². The molecule has 2 fully saturated rings. The topological polar surface area (TPSA) is 122 Å². The number of anilines is 1. The molecule has 13 heteroatoms. The highest BCUT2D eigenvalue weighted by Crippen LogP contribution is 2.35. The van der Waals surface area contributed by atoms with Crippen molar-refractivity contribution in [3.8, 4) is 11.3 Å². The summed E-state index contributed by atoms with van der Waals surface area (Å²) in [7, 11) is 4.05. The third-order valence-electron chi connectivity index (χ3n) is 10.0. The maximum absolute atomic E-state index is 13.9.